The van der Waals surface area contributed by atoms with Crippen LogP contribution < -0.4 is 20.1 Å². The second kappa shape index (κ2) is 8.06. The summed E-state index contributed by atoms with van der Waals surface area (Å²) < 4.78 is 15.7. The number of furan rings is 1. The molecule has 0 atom stereocenters. The second-order valence-corrected chi connectivity index (χ2v) is 5.47. The van der Waals surface area contributed by atoms with E-state index in [-0.39, 0.29) is 13.2 Å². The first-order valence-corrected chi connectivity index (χ1v) is 7.95. The van der Waals surface area contributed by atoms with E-state index in [1.807, 2.05) is 30.3 Å². The molecule has 0 aliphatic heterocycles. The Morgan fingerprint density at radius 3 is 2.54 bits per heavy atom. The molecule has 0 saturated carbocycles. The quantitative estimate of drug-likeness (QED) is 0.710. The van der Waals surface area contributed by atoms with Gasteiger partial charge in [0.1, 0.15) is 17.3 Å². The molecule has 1 heterocycles. The molecule has 134 valence electrons. The van der Waals surface area contributed by atoms with Crippen LogP contribution in [0.4, 0.5) is 4.79 Å². The van der Waals surface area contributed by atoms with Crippen LogP contribution in [-0.2, 0) is 11.3 Å². The number of urea groups is 1. The number of rotatable bonds is 6. The van der Waals surface area contributed by atoms with E-state index in [1.54, 1.807) is 25.3 Å². The Morgan fingerprint density at radius 2 is 1.81 bits per heavy atom. The third-order valence-corrected chi connectivity index (χ3v) is 3.65. The summed E-state index contributed by atoms with van der Waals surface area (Å²) in [7, 11) is 1.60. The average molecular weight is 354 g/mol. The van der Waals surface area contributed by atoms with Crippen molar-refractivity contribution in [3.63, 3.8) is 0 Å². The number of amides is 3. The van der Waals surface area contributed by atoms with E-state index >= 15 is 0 Å². The third-order valence-electron chi connectivity index (χ3n) is 3.65. The van der Waals surface area contributed by atoms with Crippen molar-refractivity contribution in [3.8, 4) is 11.5 Å². The highest BCUT2D eigenvalue weighted by Gasteiger charge is 2.09. The molecule has 26 heavy (non-hydrogen) atoms. The fraction of sp³-hybridized carbons (Fsp3) is 0.158. The largest absolute Gasteiger partial charge is 0.497 e. The third kappa shape index (κ3) is 4.54. The molecule has 0 spiro atoms. The van der Waals surface area contributed by atoms with Crippen LogP contribution in [0.1, 0.15) is 5.76 Å². The van der Waals surface area contributed by atoms with Gasteiger partial charge in [0.25, 0.3) is 5.91 Å². The van der Waals surface area contributed by atoms with Crippen LogP contribution in [0.25, 0.3) is 10.8 Å². The molecule has 3 aromatic rings. The summed E-state index contributed by atoms with van der Waals surface area (Å²) >= 11 is 0. The minimum Gasteiger partial charge on any atom is -0.497 e. The number of benzene rings is 2. The average Bonchev–Trinajstić information content (AvgIpc) is 3.17. The topological polar surface area (TPSA) is 89.8 Å². The minimum absolute atomic E-state index is 0.194. The van der Waals surface area contributed by atoms with Gasteiger partial charge in [-0.1, -0.05) is 12.1 Å². The zero-order valence-electron chi connectivity index (χ0n) is 14.2. The smallest absolute Gasteiger partial charge is 0.321 e. The SMILES string of the molecule is COc1ccc2ccc(OCC(=O)NC(=O)NCc3ccco3)cc2c1. The van der Waals surface area contributed by atoms with Crippen molar-refractivity contribution < 1.29 is 23.5 Å². The Balaban J connectivity index is 1.50. The standard InChI is InChI=1S/C19H18N2O5/c1-24-15-6-4-13-5-7-16(10-14(13)9-15)26-12-18(22)21-19(23)20-11-17-3-2-8-25-17/h2-10H,11-12H2,1H3,(H2,20,21,22,23). The zero-order valence-corrected chi connectivity index (χ0v) is 14.2. The Morgan fingerprint density at radius 1 is 1.04 bits per heavy atom. The summed E-state index contributed by atoms with van der Waals surface area (Å²) in [6.07, 6.45) is 1.51. The van der Waals surface area contributed by atoms with Crippen molar-refractivity contribution in [1.82, 2.24) is 10.6 Å². The van der Waals surface area contributed by atoms with Crippen molar-refractivity contribution in [2.45, 2.75) is 6.54 Å². The zero-order chi connectivity index (χ0) is 18.4. The lowest BCUT2D eigenvalue weighted by Gasteiger charge is -2.09. The van der Waals surface area contributed by atoms with E-state index in [1.165, 1.54) is 6.26 Å². The number of hydrogen-bond donors (Lipinski definition) is 2. The van der Waals surface area contributed by atoms with Gasteiger partial charge in [-0.2, -0.15) is 0 Å². The van der Waals surface area contributed by atoms with Gasteiger partial charge < -0.3 is 19.2 Å². The molecule has 0 unspecified atom stereocenters. The van der Waals surface area contributed by atoms with Gasteiger partial charge in [0.05, 0.1) is 19.9 Å². The van der Waals surface area contributed by atoms with Gasteiger partial charge in [0.2, 0.25) is 0 Å². The molecule has 0 radical (unpaired) electrons. The lowest BCUT2D eigenvalue weighted by molar-refractivity contribution is -0.122. The number of methoxy groups -OCH3 is 1. The van der Waals surface area contributed by atoms with E-state index in [2.05, 4.69) is 10.6 Å². The maximum absolute atomic E-state index is 11.8. The Bertz CT molecular complexity index is 905. The van der Waals surface area contributed by atoms with Crippen molar-refractivity contribution in [1.29, 1.82) is 0 Å². The number of ether oxygens (including phenoxy) is 2. The first kappa shape index (κ1) is 17.3. The van der Waals surface area contributed by atoms with Crippen molar-refractivity contribution in [3.05, 3.63) is 60.6 Å². The Labute approximate surface area is 149 Å². The van der Waals surface area contributed by atoms with Crippen LogP contribution >= 0.6 is 0 Å². The number of carbonyl (C=O) groups excluding carboxylic acids is 2. The molecule has 0 aliphatic rings. The highest BCUT2D eigenvalue weighted by Crippen LogP contribution is 2.24. The maximum atomic E-state index is 11.8. The summed E-state index contributed by atoms with van der Waals surface area (Å²) in [6.45, 7) is -0.0802. The molecule has 7 nitrogen and oxygen atoms in total. The van der Waals surface area contributed by atoms with Gasteiger partial charge in [0, 0.05) is 0 Å². The van der Waals surface area contributed by atoms with Crippen molar-refractivity contribution in [2.75, 3.05) is 13.7 Å². The fourth-order valence-corrected chi connectivity index (χ4v) is 2.36. The Hall–Kier alpha value is -3.48. The highest BCUT2D eigenvalue weighted by atomic mass is 16.5. The van der Waals surface area contributed by atoms with Crippen LogP contribution in [0, 0.1) is 0 Å². The molecule has 0 saturated heterocycles. The van der Waals surface area contributed by atoms with Crippen molar-refractivity contribution in [2.24, 2.45) is 0 Å². The molecule has 0 aliphatic carbocycles. The number of imide groups is 1. The highest BCUT2D eigenvalue weighted by molar-refractivity contribution is 5.95. The van der Waals surface area contributed by atoms with Crippen LogP contribution in [0.15, 0.2) is 59.2 Å². The summed E-state index contributed by atoms with van der Waals surface area (Å²) in [5, 5.41) is 6.67. The number of nitrogens with one attached hydrogen (secondary N) is 2. The second-order valence-electron chi connectivity index (χ2n) is 5.47. The molecule has 3 amide bonds. The number of carbonyl (C=O) groups is 2. The lowest BCUT2D eigenvalue weighted by atomic mass is 10.1. The predicted molar refractivity (Wildman–Crippen MR) is 95.1 cm³/mol. The number of fused-ring (bicyclic) bond motifs is 1. The molecule has 7 heteroatoms. The molecule has 1 aromatic heterocycles. The molecule has 0 bridgehead atoms. The molecular formula is C19H18N2O5. The monoisotopic (exact) mass is 354 g/mol. The van der Waals surface area contributed by atoms with Gasteiger partial charge in [-0.25, -0.2) is 4.79 Å². The van der Waals surface area contributed by atoms with Gasteiger partial charge in [-0.15, -0.1) is 0 Å². The molecular weight excluding hydrogens is 336 g/mol. The van der Waals surface area contributed by atoms with E-state index < -0.39 is 11.9 Å². The predicted octanol–water partition coefficient (Wildman–Crippen LogP) is 2.85. The lowest BCUT2D eigenvalue weighted by Crippen LogP contribution is -2.41. The molecule has 0 fully saturated rings. The van der Waals surface area contributed by atoms with E-state index in [0.717, 1.165) is 16.5 Å². The van der Waals surface area contributed by atoms with Gasteiger partial charge in [-0.3, -0.25) is 10.1 Å². The van der Waals surface area contributed by atoms with Crippen LogP contribution in [0.5, 0.6) is 11.5 Å². The van der Waals surface area contributed by atoms with Crippen LogP contribution in [-0.4, -0.2) is 25.7 Å². The maximum Gasteiger partial charge on any atom is 0.321 e. The van der Waals surface area contributed by atoms with Crippen molar-refractivity contribution >= 4 is 22.7 Å². The molecule has 3 rings (SSSR count). The van der Waals surface area contributed by atoms with E-state index in [0.29, 0.717) is 11.5 Å². The first-order chi connectivity index (χ1) is 12.6. The number of hydrogen-bond acceptors (Lipinski definition) is 5. The summed E-state index contributed by atoms with van der Waals surface area (Å²) in [5.41, 5.74) is 0. The summed E-state index contributed by atoms with van der Waals surface area (Å²) in [4.78, 5) is 23.5. The normalized spacial score (nSPS) is 10.3. The fourth-order valence-electron chi connectivity index (χ4n) is 2.36. The van der Waals surface area contributed by atoms with Crippen LogP contribution in [0.3, 0.4) is 0 Å². The summed E-state index contributed by atoms with van der Waals surface area (Å²) in [5.74, 6) is 1.31. The van der Waals surface area contributed by atoms with E-state index in [9.17, 15) is 9.59 Å². The molecule has 2 N–H and O–H groups in total. The van der Waals surface area contributed by atoms with Gasteiger partial charge in [0.15, 0.2) is 6.61 Å². The van der Waals surface area contributed by atoms with E-state index in [4.69, 9.17) is 13.9 Å². The van der Waals surface area contributed by atoms with Gasteiger partial charge >= 0.3 is 6.03 Å². The first-order valence-electron chi connectivity index (χ1n) is 7.95. The van der Waals surface area contributed by atoms with Crippen LogP contribution in [0.2, 0.25) is 0 Å². The van der Waals surface area contributed by atoms with Gasteiger partial charge in [-0.05, 0) is 47.2 Å². The Kier molecular flexibility index (Phi) is 5.38. The summed E-state index contributed by atoms with van der Waals surface area (Å²) in [6, 6.07) is 14.0. The minimum atomic E-state index is -0.613. The molecule has 2 aromatic carbocycles.